The Labute approximate surface area is 64.4 Å². The number of nitrogens with one attached hydrogen (secondary N) is 1. The Morgan fingerprint density at radius 2 is 2.40 bits per heavy atom. The van der Waals surface area contributed by atoms with Crippen LogP contribution in [0.3, 0.4) is 0 Å². The van der Waals surface area contributed by atoms with Crippen molar-refractivity contribution in [2.24, 2.45) is 0 Å². The molecule has 10 heavy (non-hydrogen) atoms. The summed E-state index contributed by atoms with van der Waals surface area (Å²) in [6.07, 6.45) is 1.14. The largest absolute Gasteiger partial charge is 0.374 e. The van der Waals surface area contributed by atoms with Gasteiger partial charge in [-0.3, -0.25) is 0 Å². The fraction of sp³-hybridized carbons (Fsp3) is 1.00. The maximum atomic E-state index is 5.54. The number of rotatable bonds is 2. The molecule has 1 aliphatic rings. The van der Waals surface area contributed by atoms with Crippen LogP contribution >= 0.6 is 0 Å². The van der Waals surface area contributed by atoms with Gasteiger partial charge in [0, 0.05) is 7.47 Å². The number of hydrogen-bond acceptors (Lipinski definition) is 2. The summed E-state index contributed by atoms with van der Waals surface area (Å²) in [5.41, 5.74) is 0.104. The first-order chi connectivity index (χ1) is 4.64. The topological polar surface area (TPSA) is 21.3 Å². The first kappa shape index (κ1) is 8.02. The van der Waals surface area contributed by atoms with Crippen molar-refractivity contribution in [1.29, 1.82) is 0 Å². The molecule has 1 heterocycles. The highest BCUT2D eigenvalue weighted by Gasteiger charge is 2.30. The van der Waals surface area contributed by atoms with Crippen LogP contribution in [-0.4, -0.2) is 24.8 Å². The predicted octanol–water partition coefficient (Wildman–Crippen LogP) is 1.41. The molecule has 2 nitrogen and oxygen atoms in total. The van der Waals surface area contributed by atoms with Crippen LogP contribution in [0.25, 0.3) is 0 Å². The van der Waals surface area contributed by atoms with E-state index in [1.807, 2.05) is 0 Å². The fourth-order valence-corrected chi connectivity index (χ4v) is 1.46. The molecule has 0 aromatic heterocycles. The molecule has 0 spiro atoms. The van der Waals surface area contributed by atoms with Crippen LogP contribution in [0.5, 0.6) is 0 Å². The van der Waals surface area contributed by atoms with Crippen molar-refractivity contribution in [2.75, 3.05) is 13.2 Å². The molecule has 0 saturated carbocycles. The summed E-state index contributed by atoms with van der Waals surface area (Å²) in [6, 6.07) is 0.583. The van der Waals surface area contributed by atoms with Crippen molar-refractivity contribution in [3.05, 3.63) is 0 Å². The molecule has 1 N–H and O–H groups in total. The normalized spacial score (nSPS) is 30.9. The number of hydrogen-bond donors (Lipinski definition) is 1. The van der Waals surface area contributed by atoms with Gasteiger partial charge < -0.3 is 10.1 Å². The molecule has 0 aliphatic carbocycles. The molecule has 62 valence electrons. The van der Waals surface area contributed by atoms with Crippen LogP contribution in [0.2, 0.25) is 0 Å². The van der Waals surface area contributed by atoms with Gasteiger partial charge in [0.25, 0.3) is 0 Å². The van der Waals surface area contributed by atoms with Crippen molar-refractivity contribution in [1.82, 2.24) is 5.32 Å². The predicted molar refractivity (Wildman–Crippen MR) is 44.2 cm³/mol. The van der Waals surface area contributed by atoms with Crippen molar-refractivity contribution in [3.63, 3.8) is 0 Å². The van der Waals surface area contributed by atoms with Crippen molar-refractivity contribution in [2.45, 2.75) is 38.8 Å². The Hall–Kier alpha value is -0.0800. The molecule has 1 atom stereocenters. The fourth-order valence-electron chi connectivity index (χ4n) is 1.46. The van der Waals surface area contributed by atoms with Gasteiger partial charge in [-0.15, -0.1) is 0 Å². The number of likely N-dealkylation sites (N-methyl/N-ethyl adjacent to an activating group) is 1. The third-order valence-corrected chi connectivity index (χ3v) is 1.91. The van der Waals surface area contributed by atoms with E-state index in [1.165, 1.54) is 0 Å². The number of ether oxygens (including phenoxy) is 1. The van der Waals surface area contributed by atoms with E-state index in [4.69, 9.17) is 4.74 Å². The Morgan fingerprint density at radius 3 is 2.80 bits per heavy atom. The Balaban J connectivity index is 0.000001000. The zero-order valence-corrected chi connectivity index (χ0v) is 7.11. The summed E-state index contributed by atoms with van der Waals surface area (Å²) in [5, 5.41) is 3.38. The van der Waals surface area contributed by atoms with Gasteiger partial charge in [0.05, 0.1) is 12.2 Å². The van der Waals surface area contributed by atoms with Gasteiger partial charge in [0.2, 0.25) is 0 Å². The van der Waals surface area contributed by atoms with E-state index >= 15 is 0 Å². The molecule has 0 amide bonds. The van der Waals surface area contributed by atoms with Crippen molar-refractivity contribution >= 4 is 0 Å². The standard InChI is InChI=1S/C8H17NO.H2/c1-4-9-7-5-8(2,3)10-6-7;/h7,9H,4-6H2,1-3H3;1H. The SMILES string of the molecule is CCNC1COC(C)(C)C1.[HH]. The molecular formula is C8H19NO. The molecule has 1 rings (SSSR count). The quantitative estimate of drug-likeness (QED) is 0.634. The van der Waals surface area contributed by atoms with Gasteiger partial charge in [0.1, 0.15) is 0 Å². The summed E-state index contributed by atoms with van der Waals surface area (Å²) in [5.74, 6) is 0. The lowest BCUT2D eigenvalue weighted by Gasteiger charge is -2.15. The van der Waals surface area contributed by atoms with Crippen LogP contribution in [0.4, 0.5) is 0 Å². The molecule has 0 aromatic carbocycles. The van der Waals surface area contributed by atoms with Gasteiger partial charge in [-0.25, -0.2) is 0 Å². The van der Waals surface area contributed by atoms with Crippen molar-refractivity contribution < 1.29 is 6.16 Å². The zero-order valence-electron chi connectivity index (χ0n) is 7.11. The van der Waals surface area contributed by atoms with E-state index in [0.29, 0.717) is 6.04 Å². The van der Waals surface area contributed by atoms with Gasteiger partial charge in [-0.05, 0) is 26.8 Å². The van der Waals surface area contributed by atoms with E-state index in [-0.39, 0.29) is 7.03 Å². The second-order valence-corrected chi connectivity index (χ2v) is 3.53. The lowest BCUT2D eigenvalue weighted by Crippen LogP contribution is -2.29. The highest BCUT2D eigenvalue weighted by atomic mass is 16.5. The minimum atomic E-state index is 0. The second-order valence-electron chi connectivity index (χ2n) is 3.53. The molecule has 1 aliphatic heterocycles. The Morgan fingerprint density at radius 1 is 1.70 bits per heavy atom. The monoisotopic (exact) mass is 145 g/mol. The summed E-state index contributed by atoms with van der Waals surface area (Å²) in [6.45, 7) is 8.34. The third-order valence-electron chi connectivity index (χ3n) is 1.91. The maximum Gasteiger partial charge on any atom is 0.0643 e. The third kappa shape index (κ3) is 1.96. The molecule has 0 radical (unpaired) electrons. The van der Waals surface area contributed by atoms with Crippen LogP contribution in [0, 0.1) is 0 Å². The summed E-state index contributed by atoms with van der Waals surface area (Å²) < 4.78 is 5.54. The molecule has 1 saturated heterocycles. The van der Waals surface area contributed by atoms with Gasteiger partial charge >= 0.3 is 0 Å². The maximum absolute atomic E-state index is 5.54. The van der Waals surface area contributed by atoms with Crippen LogP contribution in [0.15, 0.2) is 0 Å². The molecule has 1 unspecified atom stereocenters. The van der Waals surface area contributed by atoms with Crippen LogP contribution in [0.1, 0.15) is 28.6 Å². The van der Waals surface area contributed by atoms with Gasteiger partial charge in [0.15, 0.2) is 0 Å². The molecule has 2 heteroatoms. The average molecular weight is 145 g/mol. The zero-order chi connectivity index (χ0) is 7.61. The second kappa shape index (κ2) is 2.89. The summed E-state index contributed by atoms with van der Waals surface area (Å²) in [7, 11) is 0. The Bertz CT molecular complexity index is 117. The summed E-state index contributed by atoms with van der Waals surface area (Å²) >= 11 is 0. The Kier molecular flexibility index (Phi) is 2.32. The van der Waals surface area contributed by atoms with Gasteiger partial charge in [-0.1, -0.05) is 6.92 Å². The lowest BCUT2D eigenvalue weighted by atomic mass is 10.0. The minimum Gasteiger partial charge on any atom is -0.374 e. The van der Waals surface area contributed by atoms with E-state index in [1.54, 1.807) is 0 Å². The van der Waals surface area contributed by atoms with Crippen LogP contribution in [-0.2, 0) is 4.74 Å². The van der Waals surface area contributed by atoms with Gasteiger partial charge in [-0.2, -0.15) is 0 Å². The smallest absolute Gasteiger partial charge is 0.0643 e. The molecule has 0 bridgehead atoms. The molecular weight excluding hydrogens is 126 g/mol. The average Bonchev–Trinajstić information content (AvgIpc) is 2.12. The molecule has 1 fully saturated rings. The highest BCUT2D eigenvalue weighted by molar-refractivity contribution is 4.84. The van der Waals surface area contributed by atoms with E-state index in [9.17, 15) is 0 Å². The van der Waals surface area contributed by atoms with E-state index in [2.05, 4.69) is 26.1 Å². The molecule has 0 aromatic rings. The van der Waals surface area contributed by atoms with E-state index in [0.717, 1.165) is 19.6 Å². The first-order valence-corrected chi connectivity index (χ1v) is 4.01. The van der Waals surface area contributed by atoms with Crippen LogP contribution < -0.4 is 5.32 Å². The minimum absolute atomic E-state index is 0. The summed E-state index contributed by atoms with van der Waals surface area (Å²) in [4.78, 5) is 0. The van der Waals surface area contributed by atoms with Crippen molar-refractivity contribution in [3.8, 4) is 0 Å². The highest BCUT2D eigenvalue weighted by Crippen LogP contribution is 2.23. The van der Waals surface area contributed by atoms with E-state index < -0.39 is 0 Å². The first-order valence-electron chi connectivity index (χ1n) is 4.01. The lowest BCUT2D eigenvalue weighted by molar-refractivity contribution is 0.0357.